The van der Waals surface area contributed by atoms with Crippen LogP contribution in [0.3, 0.4) is 0 Å². The van der Waals surface area contributed by atoms with E-state index < -0.39 is 5.97 Å². The average Bonchev–Trinajstić information content (AvgIpc) is 2.94. The van der Waals surface area contributed by atoms with Gasteiger partial charge in [0.15, 0.2) is 0 Å². The molecule has 0 saturated heterocycles. The maximum Gasteiger partial charge on any atom is 0.112 e. The number of unbranched alkanes of at least 4 members (excludes halogenated alkanes) is 8. The highest BCUT2D eigenvalue weighted by molar-refractivity contribution is 7.18. The van der Waals surface area contributed by atoms with Crippen molar-refractivity contribution >= 4 is 40.5 Å². The first kappa shape index (κ1) is 25.7. The number of thiophene rings is 1. The molecule has 0 bridgehead atoms. The number of hydrogen-bond acceptors (Lipinski definition) is 3. The minimum Gasteiger partial charge on any atom is -0.544 e. The van der Waals surface area contributed by atoms with Crippen molar-refractivity contribution < 1.29 is 14.8 Å². The van der Waals surface area contributed by atoms with Crippen LogP contribution in [0.2, 0.25) is 9.36 Å². The molecule has 1 rings (SSSR count). The van der Waals surface area contributed by atoms with Crippen molar-refractivity contribution in [3.63, 3.8) is 0 Å². The van der Waals surface area contributed by atoms with Crippen LogP contribution in [0.25, 0.3) is 0 Å². The molecule has 0 spiro atoms. The van der Waals surface area contributed by atoms with Crippen molar-refractivity contribution in [1.82, 2.24) is 0 Å². The summed E-state index contributed by atoms with van der Waals surface area (Å²) < 4.78 is 0.279. The zero-order chi connectivity index (χ0) is 19.8. The average molecular weight is 424 g/mol. The van der Waals surface area contributed by atoms with Gasteiger partial charge < -0.3 is 14.8 Å². The molecule has 3 nitrogen and oxygen atoms in total. The molecule has 1 aromatic rings. The molecule has 6 heteroatoms. The number of quaternary nitrogens is 1. The van der Waals surface area contributed by atoms with E-state index in [-0.39, 0.29) is 14.2 Å². The number of carboxylic acids is 1. The van der Waals surface area contributed by atoms with Gasteiger partial charge >= 0.3 is 0 Å². The second-order valence-corrected chi connectivity index (χ2v) is 8.87. The molecule has 152 valence electrons. The Labute approximate surface area is 173 Å². The minimum absolute atomic E-state index is 0.0509. The molecule has 0 radical (unpaired) electrons. The predicted octanol–water partition coefficient (Wildman–Crippen LogP) is 4.86. The predicted molar refractivity (Wildman–Crippen MR) is 113 cm³/mol. The van der Waals surface area contributed by atoms with Crippen molar-refractivity contribution in [3.8, 4) is 0 Å². The highest BCUT2D eigenvalue weighted by atomic mass is 35.5. The molecule has 1 heterocycles. The summed E-state index contributed by atoms with van der Waals surface area (Å²) in [7, 11) is 2.36. The van der Waals surface area contributed by atoms with Gasteiger partial charge in [-0.1, -0.05) is 75.6 Å². The third kappa shape index (κ3) is 13.9. The number of carboxylic acid groups (broad SMARTS) is 1. The van der Waals surface area contributed by atoms with E-state index in [0.717, 1.165) is 11.3 Å². The normalized spacial score (nSPS) is 10.7. The third-order valence-electron chi connectivity index (χ3n) is 4.26. The minimum atomic E-state index is -1.25. The second kappa shape index (κ2) is 16.9. The monoisotopic (exact) mass is 423 g/mol. The number of carbonyl (C=O) groups is 1. The van der Waals surface area contributed by atoms with Crippen LogP contribution in [0.5, 0.6) is 0 Å². The fraction of sp³-hybridized carbons (Fsp3) is 0.750. The molecule has 0 aromatic carbocycles. The first-order valence-corrected chi connectivity index (χ1v) is 11.5. The molecular weight excluding hydrogens is 389 g/mol. The largest absolute Gasteiger partial charge is 0.544 e. The molecule has 0 aliphatic heterocycles. The van der Waals surface area contributed by atoms with E-state index in [1.54, 1.807) is 4.90 Å². The standard InChI is InChI=1S/C15H33N.C5H2Cl2O2S/c1-4-6-8-10-12-14-16(3)15-13-11-9-7-5-2;6-2-1-3(5(8)9)10-4(2)7/h4-15H2,1-3H3;1H,(H,8,9). The summed E-state index contributed by atoms with van der Waals surface area (Å²) in [5.74, 6) is -1.25. The summed E-state index contributed by atoms with van der Waals surface area (Å²) in [5, 5.41) is 10.4. The first-order valence-electron chi connectivity index (χ1n) is 9.89. The Morgan fingerprint density at radius 1 is 0.962 bits per heavy atom. The summed E-state index contributed by atoms with van der Waals surface area (Å²) in [5.41, 5.74) is 0. The SMILES string of the molecule is CCCCCCC[NH+](C)CCCCCCC.O=C([O-])c1cc(Cl)c(Cl)s1. The van der Waals surface area contributed by atoms with E-state index in [0.29, 0.717) is 0 Å². The van der Waals surface area contributed by atoms with Crippen LogP contribution >= 0.6 is 34.5 Å². The zero-order valence-electron chi connectivity index (χ0n) is 16.5. The van der Waals surface area contributed by atoms with Crippen molar-refractivity contribution in [1.29, 1.82) is 0 Å². The zero-order valence-corrected chi connectivity index (χ0v) is 18.9. The molecule has 1 aromatic heterocycles. The Morgan fingerprint density at radius 3 is 1.73 bits per heavy atom. The lowest BCUT2D eigenvalue weighted by Crippen LogP contribution is -3.09. The Bertz CT molecular complexity index is 447. The van der Waals surface area contributed by atoms with Crippen molar-refractivity contribution in [2.24, 2.45) is 0 Å². The van der Waals surface area contributed by atoms with Gasteiger partial charge in [-0.25, -0.2) is 0 Å². The molecule has 0 fully saturated rings. The van der Waals surface area contributed by atoms with Crippen LogP contribution in [0, 0.1) is 0 Å². The van der Waals surface area contributed by atoms with Gasteiger partial charge in [0, 0.05) is 0 Å². The van der Waals surface area contributed by atoms with Gasteiger partial charge in [0.2, 0.25) is 0 Å². The lowest BCUT2D eigenvalue weighted by atomic mass is 10.1. The molecule has 0 amide bonds. The van der Waals surface area contributed by atoms with Gasteiger partial charge in [-0.2, -0.15) is 0 Å². The summed E-state index contributed by atoms with van der Waals surface area (Å²) >= 11 is 11.8. The van der Waals surface area contributed by atoms with Crippen molar-refractivity contribution in [2.45, 2.75) is 78.1 Å². The number of rotatable bonds is 13. The maximum absolute atomic E-state index is 10.1. The van der Waals surface area contributed by atoms with Crippen LogP contribution < -0.4 is 10.0 Å². The molecule has 1 N–H and O–H groups in total. The Kier molecular flexibility index (Phi) is 16.7. The molecule has 0 aliphatic rings. The summed E-state index contributed by atoms with van der Waals surface area (Å²) in [4.78, 5) is 11.9. The van der Waals surface area contributed by atoms with E-state index in [4.69, 9.17) is 23.2 Å². The first-order chi connectivity index (χ1) is 12.4. The van der Waals surface area contributed by atoms with Gasteiger partial charge in [0.05, 0.1) is 36.0 Å². The smallest absolute Gasteiger partial charge is 0.112 e. The van der Waals surface area contributed by atoms with Gasteiger partial charge in [-0.3, -0.25) is 0 Å². The quantitative estimate of drug-likeness (QED) is 0.460. The third-order valence-corrected chi connectivity index (χ3v) is 6.11. The topological polar surface area (TPSA) is 44.6 Å². The number of nitrogens with one attached hydrogen (secondary N) is 1. The van der Waals surface area contributed by atoms with Crippen LogP contribution in [-0.2, 0) is 0 Å². The Hall–Kier alpha value is -0.290. The molecule has 0 unspecified atom stereocenters. The van der Waals surface area contributed by atoms with E-state index >= 15 is 0 Å². The number of carbonyl (C=O) groups excluding carboxylic acids is 1. The fourth-order valence-electron chi connectivity index (χ4n) is 2.63. The van der Waals surface area contributed by atoms with Gasteiger partial charge in [-0.15, -0.1) is 11.3 Å². The van der Waals surface area contributed by atoms with Crippen molar-refractivity contribution in [2.75, 3.05) is 20.1 Å². The fourth-order valence-corrected chi connectivity index (χ4v) is 3.84. The maximum atomic E-state index is 10.1. The summed E-state index contributed by atoms with van der Waals surface area (Å²) in [6, 6.07) is 1.27. The number of aromatic carboxylic acids is 1. The van der Waals surface area contributed by atoms with Crippen LogP contribution in [0.15, 0.2) is 6.07 Å². The Morgan fingerprint density at radius 2 is 1.42 bits per heavy atom. The van der Waals surface area contributed by atoms with Gasteiger partial charge in [-0.05, 0) is 31.7 Å². The highest BCUT2D eigenvalue weighted by Gasteiger charge is 2.04. The second-order valence-electron chi connectivity index (χ2n) is 6.81. The van der Waals surface area contributed by atoms with Gasteiger partial charge in [0.1, 0.15) is 4.34 Å². The molecule has 0 saturated carbocycles. The lowest BCUT2D eigenvalue weighted by molar-refractivity contribution is -0.880. The number of halogens is 2. The van der Waals surface area contributed by atoms with Crippen molar-refractivity contribution in [3.05, 3.63) is 20.3 Å². The van der Waals surface area contributed by atoms with E-state index in [9.17, 15) is 9.90 Å². The van der Waals surface area contributed by atoms with E-state index in [1.807, 2.05) is 0 Å². The molecule has 0 atom stereocenters. The van der Waals surface area contributed by atoms with E-state index in [1.165, 1.54) is 83.4 Å². The molecule has 0 aliphatic carbocycles. The summed E-state index contributed by atoms with van der Waals surface area (Å²) in [6.07, 6.45) is 14.2. The summed E-state index contributed by atoms with van der Waals surface area (Å²) in [6.45, 7) is 7.34. The van der Waals surface area contributed by atoms with E-state index in [2.05, 4.69) is 20.9 Å². The molecule has 26 heavy (non-hydrogen) atoms. The Balaban J connectivity index is 0.000000531. The highest BCUT2D eigenvalue weighted by Crippen LogP contribution is 2.30. The van der Waals surface area contributed by atoms with Gasteiger partial charge in [0.25, 0.3) is 0 Å². The lowest BCUT2D eigenvalue weighted by Gasteiger charge is -2.13. The molecular formula is C20H35Cl2NO2S. The van der Waals surface area contributed by atoms with Crippen LogP contribution in [0.4, 0.5) is 0 Å². The van der Waals surface area contributed by atoms with Crippen LogP contribution in [0.1, 0.15) is 87.7 Å². The number of hydrogen-bond donors (Lipinski definition) is 1. The van der Waals surface area contributed by atoms with Crippen LogP contribution in [-0.4, -0.2) is 26.1 Å².